The fourth-order valence-corrected chi connectivity index (χ4v) is 2.53. The molecular formula is C22H28N2O3. The first kappa shape index (κ1) is 20.5. The van der Waals surface area contributed by atoms with Crippen LogP contribution in [0.15, 0.2) is 42.5 Å². The molecule has 5 nitrogen and oxygen atoms in total. The van der Waals surface area contributed by atoms with E-state index < -0.39 is 6.10 Å². The van der Waals surface area contributed by atoms with E-state index in [1.54, 1.807) is 31.2 Å². The minimum Gasteiger partial charge on any atom is -0.481 e. The number of ether oxygens (including phenoxy) is 1. The monoisotopic (exact) mass is 368 g/mol. The van der Waals surface area contributed by atoms with Crippen LogP contribution in [-0.2, 0) is 4.79 Å². The second-order valence-electron chi connectivity index (χ2n) is 7.70. The van der Waals surface area contributed by atoms with Gasteiger partial charge in [0.25, 0.3) is 11.8 Å². The van der Waals surface area contributed by atoms with Crippen molar-refractivity contribution in [2.75, 3.05) is 5.32 Å². The lowest BCUT2D eigenvalue weighted by Gasteiger charge is -2.22. The van der Waals surface area contributed by atoms with Gasteiger partial charge in [0.15, 0.2) is 6.10 Å². The average molecular weight is 368 g/mol. The molecule has 0 saturated carbocycles. The minimum absolute atomic E-state index is 0.235. The van der Waals surface area contributed by atoms with Gasteiger partial charge in [-0.15, -0.1) is 0 Å². The van der Waals surface area contributed by atoms with E-state index >= 15 is 0 Å². The van der Waals surface area contributed by atoms with Gasteiger partial charge in [0.2, 0.25) is 0 Å². The van der Waals surface area contributed by atoms with E-state index in [4.69, 9.17) is 4.74 Å². The first-order valence-corrected chi connectivity index (χ1v) is 9.04. The molecule has 0 heterocycles. The number of para-hydroxylation sites is 1. The molecule has 0 bridgehead atoms. The predicted octanol–water partition coefficient (Wildman–Crippen LogP) is 4.24. The van der Waals surface area contributed by atoms with E-state index in [1.165, 1.54) is 0 Å². The molecule has 0 saturated heterocycles. The van der Waals surface area contributed by atoms with Gasteiger partial charge in [-0.05, 0) is 70.9 Å². The highest BCUT2D eigenvalue weighted by Gasteiger charge is 2.21. The zero-order valence-corrected chi connectivity index (χ0v) is 16.8. The summed E-state index contributed by atoms with van der Waals surface area (Å²) in [6, 6.07) is 12.7. The van der Waals surface area contributed by atoms with Crippen molar-refractivity contribution in [2.24, 2.45) is 0 Å². The molecule has 2 aromatic carbocycles. The summed E-state index contributed by atoms with van der Waals surface area (Å²) in [6.07, 6.45) is -0.704. The van der Waals surface area contributed by atoms with Gasteiger partial charge in [0, 0.05) is 5.54 Å². The number of carbonyl (C=O) groups is 2. The summed E-state index contributed by atoms with van der Waals surface area (Å²) in [4.78, 5) is 25.1. The van der Waals surface area contributed by atoms with Crippen LogP contribution >= 0.6 is 0 Å². The van der Waals surface area contributed by atoms with Crippen molar-refractivity contribution < 1.29 is 14.3 Å². The van der Waals surface area contributed by atoms with Gasteiger partial charge in [-0.2, -0.15) is 0 Å². The van der Waals surface area contributed by atoms with Crippen LogP contribution in [0.5, 0.6) is 5.75 Å². The molecule has 5 heteroatoms. The number of anilines is 1. The maximum Gasteiger partial charge on any atom is 0.265 e. The molecular weight excluding hydrogens is 340 g/mol. The first-order chi connectivity index (χ1) is 12.6. The molecule has 2 amide bonds. The summed E-state index contributed by atoms with van der Waals surface area (Å²) >= 11 is 0. The van der Waals surface area contributed by atoms with Crippen molar-refractivity contribution in [1.29, 1.82) is 0 Å². The van der Waals surface area contributed by atoms with Crippen molar-refractivity contribution in [2.45, 2.75) is 53.2 Å². The highest BCUT2D eigenvalue weighted by molar-refractivity contribution is 6.04. The number of rotatable bonds is 5. The van der Waals surface area contributed by atoms with Crippen LogP contribution in [0.1, 0.15) is 49.2 Å². The smallest absolute Gasteiger partial charge is 0.265 e. The van der Waals surface area contributed by atoms with E-state index in [2.05, 4.69) is 10.6 Å². The summed E-state index contributed by atoms with van der Waals surface area (Å²) in [5.41, 5.74) is 2.61. The zero-order valence-electron chi connectivity index (χ0n) is 16.8. The summed E-state index contributed by atoms with van der Waals surface area (Å²) in [6.45, 7) is 11.4. The summed E-state index contributed by atoms with van der Waals surface area (Å²) < 4.78 is 5.83. The Kier molecular flexibility index (Phi) is 6.26. The van der Waals surface area contributed by atoms with Crippen molar-refractivity contribution in [1.82, 2.24) is 5.32 Å². The Morgan fingerprint density at radius 1 is 1.00 bits per heavy atom. The number of carbonyl (C=O) groups excluding carboxylic acids is 2. The molecule has 0 radical (unpaired) electrons. The molecule has 0 aliphatic rings. The van der Waals surface area contributed by atoms with Gasteiger partial charge in [0.1, 0.15) is 5.75 Å². The fraction of sp³-hybridized carbons (Fsp3) is 0.364. The van der Waals surface area contributed by atoms with Crippen LogP contribution in [-0.4, -0.2) is 23.5 Å². The van der Waals surface area contributed by atoms with Crippen molar-refractivity contribution in [3.63, 3.8) is 0 Å². The topological polar surface area (TPSA) is 67.4 Å². The Balaban J connectivity index is 2.13. The van der Waals surface area contributed by atoms with E-state index in [0.717, 1.165) is 11.1 Å². The fourth-order valence-electron chi connectivity index (χ4n) is 2.53. The number of aryl methyl sites for hydroxylation is 1. The van der Waals surface area contributed by atoms with E-state index in [-0.39, 0.29) is 17.4 Å². The Labute approximate surface area is 161 Å². The van der Waals surface area contributed by atoms with Crippen LogP contribution in [0, 0.1) is 13.8 Å². The maximum atomic E-state index is 12.6. The maximum absolute atomic E-state index is 12.6. The molecule has 2 N–H and O–H groups in total. The summed E-state index contributed by atoms with van der Waals surface area (Å²) in [5, 5.41) is 5.72. The Morgan fingerprint density at radius 2 is 1.67 bits per heavy atom. The zero-order chi connectivity index (χ0) is 20.2. The highest BCUT2D eigenvalue weighted by Crippen LogP contribution is 2.22. The molecule has 144 valence electrons. The third-order valence-corrected chi connectivity index (χ3v) is 4.15. The molecule has 0 aliphatic heterocycles. The normalized spacial score (nSPS) is 12.2. The Morgan fingerprint density at radius 3 is 2.33 bits per heavy atom. The molecule has 0 aliphatic carbocycles. The largest absolute Gasteiger partial charge is 0.481 e. The molecule has 27 heavy (non-hydrogen) atoms. The molecule has 2 rings (SSSR count). The Hall–Kier alpha value is -2.82. The van der Waals surface area contributed by atoms with Gasteiger partial charge in [0.05, 0.1) is 11.3 Å². The number of hydrogen-bond donors (Lipinski definition) is 2. The van der Waals surface area contributed by atoms with Crippen molar-refractivity contribution in [3.05, 3.63) is 59.2 Å². The second kappa shape index (κ2) is 8.25. The highest BCUT2D eigenvalue weighted by atomic mass is 16.5. The lowest BCUT2D eigenvalue weighted by molar-refractivity contribution is -0.122. The quantitative estimate of drug-likeness (QED) is 0.829. The number of nitrogens with one attached hydrogen (secondary N) is 2. The van der Waals surface area contributed by atoms with Crippen LogP contribution < -0.4 is 15.4 Å². The van der Waals surface area contributed by atoms with E-state index in [9.17, 15) is 9.59 Å². The van der Waals surface area contributed by atoms with Crippen molar-refractivity contribution >= 4 is 17.5 Å². The van der Waals surface area contributed by atoms with Gasteiger partial charge in [-0.25, -0.2) is 0 Å². The summed E-state index contributed by atoms with van der Waals surface area (Å²) in [7, 11) is 0. The minimum atomic E-state index is -0.704. The van der Waals surface area contributed by atoms with E-state index in [0.29, 0.717) is 17.0 Å². The summed E-state index contributed by atoms with van der Waals surface area (Å²) in [5.74, 6) is 0.129. The molecule has 1 atom stereocenters. The lowest BCUT2D eigenvalue weighted by atomic mass is 10.1. The van der Waals surface area contributed by atoms with Gasteiger partial charge in [-0.3, -0.25) is 9.59 Å². The molecule has 2 aromatic rings. The Bertz CT molecular complexity index is 838. The van der Waals surface area contributed by atoms with Gasteiger partial charge >= 0.3 is 0 Å². The molecule has 0 spiro atoms. The van der Waals surface area contributed by atoms with Crippen LogP contribution in [0.2, 0.25) is 0 Å². The predicted molar refractivity (Wildman–Crippen MR) is 108 cm³/mol. The third kappa shape index (κ3) is 5.58. The van der Waals surface area contributed by atoms with Gasteiger partial charge < -0.3 is 15.4 Å². The standard InChI is InChI=1S/C22H28N2O3/c1-14-10-9-13-19(15(14)2)27-16(3)20(25)23-18-12-8-7-11-17(18)21(26)24-22(4,5)6/h7-13,16H,1-6H3,(H,23,25)(H,24,26)/t16-/m1/s1. The van der Waals surface area contributed by atoms with Crippen LogP contribution in [0.25, 0.3) is 0 Å². The van der Waals surface area contributed by atoms with Crippen LogP contribution in [0.3, 0.4) is 0 Å². The molecule has 0 fully saturated rings. The lowest BCUT2D eigenvalue weighted by Crippen LogP contribution is -2.41. The first-order valence-electron chi connectivity index (χ1n) is 9.04. The number of amides is 2. The average Bonchev–Trinajstić information content (AvgIpc) is 2.57. The number of benzene rings is 2. The molecule has 0 aromatic heterocycles. The van der Waals surface area contributed by atoms with E-state index in [1.807, 2.05) is 52.8 Å². The van der Waals surface area contributed by atoms with Crippen LogP contribution in [0.4, 0.5) is 5.69 Å². The third-order valence-electron chi connectivity index (χ3n) is 4.15. The number of hydrogen-bond acceptors (Lipinski definition) is 3. The van der Waals surface area contributed by atoms with Gasteiger partial charge in [-0.1, -0.05) is 24.3 Å². The second-order valence-corrected chi connectivity index (χ2v) is 7.70. The van der Waals surface area contributed by atoms with Crippen molar-refractivity contribution in [3.8, 4) is 5.75 Å². The molecule has 0 unspecified atom stereocenters. The SMILES string of the molecule is Cc1cccc(O[C@H](C)C(=O)Nc2ccccc2C(=O)NC(C)(C)C)c1C.